The van der Waals surface area contributed by atoms with Gasteiger partial charge in [0, 0.05) is 19.3 Å². The van der Waals surface area contributed by atoms with E-state index in [0.717, 1.165) is 116 Å². The van der Waals surface area contributed by atoms with Crippen LogP contribution in [0, 0.1) is 0 Å². The number of carbonyl (C=O) groups excluding carboxylic acids is 3. The normalized spacial score (nSPS) is 19.1. The number of hydrogen-bond acceptors (Lipinski definition) is 11. The number of ether oxygens (including phenoxy) is 5. The van der Waals surface area contributed by atoms with E-state index in [1.54, 1.807) is 0 Å². The number of aliphatic hydroxyl groups is 2. The van der Waals surface area contributed by atoms with Gasteiger partial charge in [-0.3, -0.25) is 14.4 Å². The van der Waals surface area contributed by atoms with Gasteiger partial charge in [0.1, 0.15) is 18.8 Å². The first-order valence-corrected chi connectivity index (χ1v) is 28.2. The number of hydrogen-bond donors (Lipinski definition) is 3. The molecule has 0 aliphatic carbocycles. The molecule has 0 aromatic heterocycles. The van der Waals surface area contributed by atoms with Gasteiger partial charge in [-0.05, 0) is 103 Å². The number of carboxylic acids is 1. The molecule has 0 spiro atoms. The lowest BCUT2D eigenvalue weighted by Gasteiger charge is -2.40. The number of esters is 3. The Labute approximate surface area is 441 Å². The van der Waals surface area contributed by atoms with Crippen molar-refractivity contribution in [3.63, 3.8) is 0 Å². The summed E-state index contributed by atoms with van der Waals surface area (Å²) in [7, 11) is 0. The maximum Gasteiger partial charge on any atom is 0.335 e. The van der Waals surface area contributed by atoms with Gasteiger partial charge in [-0.2, -0.15) is 0 Å². The van der Waals surface area contributed by atoms with Crippen LogP contribution in [-0.2, 0) is 42.9 Å². The number of aliphatic hydroxyl groups excluding tert-OH is 2. The van der Waals surface area contributed by atoms with Crippen LogP contribution in [0.15, 0.2) is 97.2 Å². The van der Waals surface area contributed by atoms with Crippen molar-refractivity contribution < 1.29 is 58.2 Å². The predicted octanol–water partition coefficient (Wildman–Crippen LogP) is 14.1. The molecule has 0 amide bonds. The third-order valence-electron chi connectivity index (χ3n) is 12.1. The zero-order valence-corrected chi connectivity index (χ0v) is 45.3. The monoisotopic (exact) mass is 1020 g/mol. The summed E-state index contributed by atoms with van der Waals surface area (Å²) in [6, 6.07) is 0. The standard InChI is InChI=1S/C61H98O12/c1-4-7-10-13-16-19-22-24-25-26-27-28-29-31-33-35-38-41-44-47-53(62)69-50-52(71-54(63)48-45-42-39-36-32-21-18-15-12-9-6-3)51-70-61-59(57(66)56(65)58(73-61)60(67)68)72-55(64)49-46-43-40-37-34-30-23-20-17-14-11-8-5-2/h7,10,15-16,18-20,23-25,27-28,31,33,38,41,52,56-59,61,65-66H,4-6,8-9,11-14,17,21-22,26,29-30,32,34-37,39-40,42-51H2,1-3H3,(H,67,68)/b10-7-,18-15-,19-16-,23-20-,25-24-,28-27-,33-31-,41-38-. The van der Waals surface area contributed by atoms with E-state index < -0.39 is 67.3 Å². The van der Waals surface area contributed by atoms with Gasteiger partial charge in [0.2, 0.25) is 0 Å². The van der Waals surface area contributed by atoms with Gasteiger partial charge in [0.05, 0.1) is 6.61 Å². The number of allylic oxidation sites excluding steroid dienone is 16. The van der Waals surface area contributed by atoms with Crippen LogP contribution in [0.2, 0.25) is 0 Å². The lowest BCUT2D eigenvalue weighted by molar-refractivity contribution is -0.301. The van der Waals surface area contributed by atoms with Crippen molar-refractivity contribution in [3.8, 4) is 0 Å². The Kier molecular flexibility index (Phi) is 44.4. The molecule has 1 saturated heterocycles. The first kappa shape index (κ1) is 66.7. The van der Waals surface area contributed by atoms with E-state index in [4.69, 9.17) is 23.7 Å². The molecular weight excluding hydrogens is 925 g/mol. The second kappa shape index (κ2) is 48.6. The third kappa shape index (κ3) is 38.8. The van der Waals surface area contributed by atoms with Crippen molar-refractivity contribution in [1.82, 2.24) is 0 Å². The van der Waals surface area contributed by atoms with Crippen molar-refractivity contribution >= 4 is 23.9 Å². The Morgan fingerprint density at radius 2 is 0.904 bits per heavy atom. The number of carboxylic acid groups (broad SMARTS) is 1. The minimum Gasteiger partial charge on any atom is -0.479 e. The van der Waals surface area contributed by atoms with Gasteiger partial charge in [0.25, 0.3) is 0 Å². The van der Waals surface area contributed by atoms with Crippen LogP contribution >= 0.6 is 0 Å². The highest BCUT2D eigenvalue weighted by molar-refractivity contribution is 5.74. The maximum atomic E-state index is 13.1. The molecule has 1 aliphatic rings. The van der Waals surface area contributed by atoms with Crippen LogP contribution in [0.3, 0.4) is 0 Å². The lowest BCUT2D eigenvalue weighted by atomic mass is 9.98. The molecule has 414 valence electrons. The van der Waals surface area contributed by atoms with Crippen LogP contribution < -0.4 is 0 Å². The van der Waals surface area contributed by atoms with Gasteiger partial charge in [0.15, 0.2) is 24.6 Å². The largest absolute Gasteiger partial charge is 0.479 e. The molecule has 12 nitrogen and oxygen atoms in total. The van der Waals surface area contributed by atoms with Gasteiger partial charge < -0.3 is 39.0 Å². The molecule has 1 rings (SSSR count). The van der Waals surface area contributed by atoms with Gasteiger partial charge >= 0.3 is 23.9 Å². The molecule has 0 saturated carbocycles. The first-order chi connectivity index (χ1) is 35.6. The van der Waals surface area contributed by atoms with Gasteiger partial charge in [-0.1, -0.05) is 189 Å². The molecule has 0 aromatic rings. The van der Waals surface area contributed by atoms with E-state index in [2.05, 4.69) is 106 Å². The summed E-state index contributed by atoms with van der Waals surface area (Å²) < 4.78 is 28.2. The van der Waals surface area contributed by atoms with E-state index in [0.29, 0.717) is 19.3 Å². The minimum absolute atomic E-state index is 0.0386. The third-order valence-corrected chi connectivity index (χ3v) is 12.1. The fourth-order valence-electron chi connectivity index (χ4n) is 7.78. The molecule has 12 heteroatoms. The number of aliphatic carboxylic acids is 1. The number of unbranched alkanes of at least 4 members (excludes halogenated alkanes) is 16. The molecule has 1 aliphatic heterocycles. The van der Waals surface area contributed by atoms with E-state index in [-0.39, 0.29) is 25.9 Å². The number of carbonyl (C=O) groups is 4. The van der Waals surface area contributed by atoms with Gasteiger partial charge in [-0.15, -0.1) is 0 Å². The molecule has 0 radical (unpaired) electrons. The Morgan fingerprint density at radius 3 is 1.41 bits per heavy atom. The molecule has 0 bridgehead atoms. The summed E-state index contributed by atoms with van der Waals surface area (Å²) in [5, 5.41) is 31.4. The average molecular weight is 1020 g/mol. The Bertz CT molecular complexity index is 1640. The lowest BCUT2D eigenvalue weighted by Crippen LogP contribution is -2.61. The van der Waals surface area contributed by atoms with E-state index in [1.165, 1.54) is 38.5 Å². The predicted molar refractivity (Wildman–Crippen MR) is 294 cm³/mol. The summed E-state index contributed by atoms with van der Waals surface area (Å²) in [4.78, 5) is 50.9. The fraction of sp³-hybridized carbons (Fsp3) is 0.672. The average Bonchev–Trinajstić information content (AvgIpc) is 3.37. The van der Waals surface area contributed by atoms with Gasteiger partial charge in [-0.25, -0.2) is 4.79 Å². The van der Waals surface area contributed by atoms with Crippen LogP contribution in [0.1, 0.15) is 213 Å². The summed E-state index contributed by atoms with van der Waals surface area (Å²) in [5.41, 5.74) is 0. The molecule has 3 N–H and O–H groups in total. The second-order valence-corrected chi connectivity index (χ2v) is 18.8. The molecule has 1 heterocycles. The van der Waals surface area contributed by atoms with Crippen molar-refractivity contribution in [2.75, 3.05) is 13.2 Å². The molecule has 73 heavy (non-hydrogen) atoms. The summed E-state index contributed by atoms with van der Waals surface area (Å²) in [5.74, 6) is -3.27. The summed E-state index contributed by atoms with van der Waals surface area (Å²) >= 11 is 0. The van der Waals surface area contributed by atoms with E-state index >= 15 is 0 Å². The highest BCUT2D eigenvalue weighted by Gasteiger charge is 2.50. The molecule has 0 aromatic carbocycles. The second-order valence-electron chi connectivity index (χ2n) is 18.8. The Morgan fingerprint density at radius 1 is 0.466 bits per heavy atom. The summed E-state index contributed by atoms with van der Waals surface area (Å²) in [6.45, 7) is 5.72. The number of rotatable bonds is 46. The molecule has 6 atom stereocenters. The van der Waals surface area contributed by atoms with Crippen molar-refractivity contribution in [2.45, 2.75) is 250 Å². The molecule has 6 unspecified atom stereocenters. The maximum absolute atomic E-state index is 13.1. The zero-order valence-electron chi connectivity index (χ0n) is 45.3. The smallest absolute Gasteiger partial charge is 0.335 e. The zero-order chi connectivity index (χ0) is 53.3. The highest BCUT2D eigenvalue weighted by atomic mass is 16.7. The first-order valence-electron chi connectivity index (χ1n) is 28.2. The van der Waals surface area contributed by atoms with Crippen LogP contribution in [0.5, 0.6) is 0 Å². The van der Waals surface area contributed by atoms with E-state index in [1.807, 2.05) is 12.2 Å². The van der Waals surface area contributed by atoms with Crippen molar-refractivity contribution in [3.05, 3.63) is 97.2 Å². The topological polar surface area (TPSA) is 175 Å². The SMILES string of the molecule is CC/C=C\C/C=C\C/C=C\C/C=C\C/C=C\C/C=C\CCC(=O)OCC(COC1OC(C(=O)O)C(O)C(O)C1OC(=O)CCCCCCC/C=C\CCCCCC)OC(=O)CCCCCCC/C=C\CCCC. The van der Waals surface area contributed by atoms with Crippen molar-refractivity contribution in [2.24, 2.45) is 0 Å². The van der Waals surface area contributed by atoms with Crippen LogP contribution in [0.4, 0.5) is 0 Å². The molecule has 1 fully saturated rings. The quantitative estimate of drug-likeness (QED) is 0.0228. The fourth-order valence-corrected chi connectivity index (χ4v) is 7.78. The van der Waals surface area contributed by atoms with Crippen LogP contribution in [0.25, 0.3) is 0 Å². The summed E-state index contributed by atoms with van der Waals surface area (Å²) in [6.07, 6.45) is 51.2. The Hall–Kier alpha value is -4.36. The van der Waals surface area contributed by atoms with E-state index in [9.17, 15) is 34.5 Å². The van der Waals surface area contributed by atoms with Crippen LogP contribution in [-0.4, -0.2) is 89.2 Å². The van der Waals surface area contributed by atoms with Crippen molar-refractivity contribution in [1.29, 1.82) is 0 Å². The molecular formula is C61H98O12. The highest BCUT2D eigenvalue weighted by Crippen LogP contribution is 2.26. The minimum atomic E-state index is -1.92. The Balaban J connectivity index is 2.75.